The summed E-state index contributed by atoms with van der Waals surface area (Å²) >= 11 is 0. The zero-order valence-electron chi connectivity index (χ0n) is 21.2. The van der Waals surface area contributed by atoms with E-state index in [0.717, 1.165) is 17.0 Å². The first-order chi connectivity index (χ1) is 16.5. The predicted octanol–water partition coefficient (Wildman–Crippen LogP) is 3.35. The summed E-state index contributed by atoms with van der Waals surface area (Å²) in [5.41, 5.74) is 2.55. The van der Waals surface area contributed by atoms with Crippen molar-refractivity contribution in [2.75, 3.05) is 19.5 Å². The molecule has 0 spiro atoms. The molecular weight excluding hydrogens is 452 g/mol. The van der Waals surface area contributed by atoms with E-state index >= 15 is 0 Å². The van der Waals surface area contributed by atoms with Crippen LogP contribution in [0.2, 0.25) is 0 Å². The minimum atomic E-state index is -0.591. The average Bonchev–Trinajstić information content (AvgIpc) is 3.19. The number of fused-ring (bicyclic) bond motifs is 1. The molecule has 11 heteroatoms. The van der Waals surface area contributed by atoms with Gasteiger partial charge in [0.2, 0.25) is 5.91 Å². The maximum atomic E-state index is 12.6. The Morgan fingerprint density at radius 1 is 1.06 bits per heavy atom. The molecule has 2 heterocycles. The molecule has 0 aliphatic heterocycles. The fraction of sp³-hybridized carbons (Fsp3) is 0.458. The smallest absolute Gasteiger partial charge is 0.408 e. The normalized spacial score (nSPS) is 11.3. The van der Waals surface area contributed by atoms with Crippen LogP contribution in [0.4, 0.5) is 10.5 Å². The third-order valence-corrected chi connectivity index (χ3v) is 5.15. The first-order valence-corrected chi connectivity index (χ1v) is 11.2. The molecule has 2 amide bonds. The van der Waals surface area contributed by atoms with E-state index < -0.39 is 11.7 Å². The molecule has 0 radical (unpaired) electrons. The Bertz CT molecular complexity index is 1230. The summed E-state index contributed by atoms with van der Waals surface area (Å²) in [6, 6.07) is 5.20. The lowest BCUT2D eigenvalue weighted by Crippen LogP contribution is -2.32. The van der Waals surface area contributed by atoms with E-state index in [-0.39, 0.29) is 18.9 Å². The molecule has 3 rings (SSSR count). The lowest BCUT2D eigenvalue weighted by Gasteiger charge is -2.19. The summed E-state index contributed by atoms with van der Waals surface area (Å²) in [6.07, 6.45) is 0.189. The largest absolute Gasteiger partial charge is 0.493 e. The maximum absolute atomic E-state index is 12.6. The number of amides is 2. The molecule has 0 saturated heterocycles. The number of methoxy groups -OCH3 is 2. The third-order valence-electron chi connectivity index (χ3n) is 5.15. The second kappa shape index (κ2) is 10.6. The number of benzene rings is 1. The molecule has 0 fully saturated rings. The number of aryl methyl sites for hydroxylation is 2. The van der Waals surface area contributed by atoms with Crippen LogP contribution in [0.5, 0.6) is 11.5 Å². The average molecular weight is 485 g/mol. The molecule has 35 heavy (non-hydrogen) atoms. The monoisotopic (exact) mass is 484 g/mol. The Balaban J connectivity index is 1.67. The van der Waals surface area contributed by atoms with Gasteiger partial charge in [-0.05, 0) is 58.7 Å². The molecule has 1 aromatic carbocycles. The van der Waals surface area contributed by atoms with Gasteiger partial charge in [0.25, 0.3) is 5.78 Å². The molecular formula is C24H32N6O5. The van der Waals surface area contributed by atoms with Gasteiger partial charge in [-0.3, -0.25) is 4.79 Å². The van der Waals surface area contributed by atoms with Crippen LogP contribution in [0.3, 0.4) is 0 Å². The quantitative estimate of drug-likeness (QED) is 0.498. The van der Waals surface area contributed by atoms with Gasteiger partial charge >= 0.3 is 6.09 Å². The Morgan fingerprint density at radius 3 is 2.43 bits per heavy atom. The first kappa shape index (κ1) is 25.7. The third kappa shape index (κ3) is 6.58. The van der Waals surface area contributed by atoms with Crippen molar-refractivity contribution in [1.29, 1.82) is 0 Å². The van der Waals surface area contributed by atoms with Crippen molar-refractivity contribution >= 4 is 23.5 Å². The molecule has 11 nitrogen and oxygen atoms in total. The highest BCUT2D eigenvalue weighted by molar-refractivity contribution is 5.91. The minimum Gasteiger partial charge on any atom is -0.493 e. The fourth-order valence-corrected chi connectivity index (χ4v) is 3.53. The Morgan fingerprint density at radius 2 is 1.77 bits per heavy atom. The minimum absolute atomic E-state index is 0.111. The number of rotatable bonds is 8. The highest BCUT2D eigenvalue weighted by Gasteiger charge is 2.18. The molecule has 188 valence electrons. The molecule has 0 unspecified atom stereocenters. The number of carbonyl (C=O) groups excluding carboxylic acids is 2. The second-order valence-electron chi connectivity index (χ2n) is 8.97. The number of anilines is 1. The Kier molecular flexibility index (Phi) is 7.78. The molecule has 3 aromatic rings. The zero-order chi connectivity index (χ0) is 25.8. The highest BCUT2D eigenvalue weighted by Crippen LogP contribution is 2.29. The van der Waals surface area contributed by atoms with E-state index in [4.69, 9.17) is 14.2 Å². The van der Waals surface area contributed by atoms with Crippen molar-refractivity contribution in [2.24, 2.45) is 0 Å². The highest BCUT2D eigenvalue weighted by atomic mass is 16.6. The van der Waals surface area contributed by atoms with Crippen molar-refractivity contribution in [1.82, 2.24) is 24.9 Å². The van der Waals surface area contributed by atoms with Crippen molar-refractivity contribution in [3.63, 3.8) is 0 Å². The van der Waals surface area contributed by atoms with Gasteiger partial charge in [0, 0.05) is 29.6 Å². The Labute approximate surface area is 204 Å². The number of hydrogen-bond acceptors (Lipinski definition) is 8. The Hall–Kier alpha value is -3.89. The number of hydrogen-bond donors (Lipinski definition) is 2. The summed E-state index contributed by atoms with van der Waals surface area (Å²) < 4.78 is 17.4. The van der Waals surface area contributed by atoms with E-state index in [2.05, 4.69) is 25.7 Å². The van der Waals surface area contributed by atoms with E-state index in [1.165, 1.54) is 0 Å². The topological polar surface area (TPSA) is 129 Å². The first-order valence-electron chi connectivity index (χ1n) is 11.2. The van der Waals surface area contributed by atoms with Crippen molar-refractivity contribution < 1.29 is 23.8 Å². The standard InChI is InChI=1S/C24H32N6O5/c1-14-17(9-11-21(31)27-16-8-10-18(33-6)19(12-16)34-7)15(2)30-22(26-14)28-20(29-30)13-25-23(32)35-24(3,4)5/h8,10,12H,9,11,13H2,1-7H3,(H,25,32)(H,27,31). The van der Waals surface area contributed by atoms with Crippen LogP contribution in [0, 0.1) is 13.8 Å². The van der Waals surface area contributed by atoms with Gasteiger partial charge in [-0.1, -0.05) is 0 Å². The lowest BCUT2D eigenvalue weighted by molar-refractivity contribution is -0.116. The van der Waals surface area contributed by atoms with Crippen LogP contribution in [-0.2, 0) is 22.5 Å². The van der Waals surface area contributed by atoms with E-state index in [0.29, 0.717) is 35.2 Å². The van der Waals surface area contributed by atoms with Gasteiger partial charge in [-0.25, -0.2) is 14.3 Å². The van der Waals surface area contributed by atoms with E-state index in [9.17, 15) is 9.59 Å². The second-order valence-corrected chi connectivity index (χ2v) is 8.97. The predicted molar refractivity (Wildman–Crippen MR) is 130 cm³/mol. The van der Waals surface area contributed by atoms with Gasteiger partial charge in [-0.15, -0.1) is 5.10 Å². The number of carbonyl (C=O) groups is 2. The molecule has 2 N–H and O–H groups in total. The molecule has 0 bridgehead atoms. The summed E-state index contributed by atoms with van der Waals surface area (Å²) in [5, 5.41) is 9.99. The van der Waals surface area contributed by atoms with E-state index in [1.54, 1.807) is 57.7 Å². The molecule has 0 aliphatic rings. The summed E-state index contributed by atoms with van der Waals surface area (Å²) in [6.45, 7) is 9.27. The maximum Gasteiger partial charge on any atom is 0.408 e. The van der Waals surface area contributed by atoms with Crippen LogP contribution in [0.1, 0.15) is 50.0 Å². The van der Waals surface area contributed by atoms with E-state index in [1.807, 2.05) is 13.8 Å². The number of alkyl carbamates (subject to hydrolysis) is 1. The van der Waals surface area contributed by atoms with Gasteiger partial charge in [-0.2, -0.15) is 4.98 Å². The summed E-state index contributed by atoms with van der Waals surface area (Å²) in [4.78, 5) is 33.4. The summed E-state index contributed by atoms with van der Waals surface area (Å²) in [7, 11) is 3.10. The number of nitrogens with zero attached hydrogens (tertiary/aromatic N) is 4. The van der Waals surface area contributed by atoms with Crippen LogP contribution in [0.15, 0.2) is 18.2 Å². The van der Waals surface area contributed by atoms with Crippen LogP contribution >= 0.6 is 0 Å². The van der Waals surface area contributed by atoms with Crippen LogP contribution in [0.25, 0.3) is 5.78 Å². The number of nitrogens with one attached hydrogen (secondary N) is 2. The van der Waals surface area contributed by atoms with Gasteiger partial charge in [0.05, 0.1) is 20.8 Å². The van der Waals surface area contributed by atoms with Crippen molar-refractivity contribution in [2.45, 2.75) is 59.6 Å². The zero-order valence-corrected chi connectivity index (χ0v) is 21.2. The SMILES string of the molecule is COc1ccc(NC(=O)CCc2c(C)nc3nc(CNC(=O)OC(C)(C)C)nn3c2C)cc1OC. The number of aromatic nitrogens is 4. The number of ether oxygens (including phenoxy) is 3. The summed E-state index contributed by atoms with van der Waals surface area (Å²) in [5.74, 6) is 1.82. The van der Waals surface area contributed by atoms with Crippen LogP contribution < -0.4 is 20.1 Å². The molecule has 0 atom stereocenters. The van der Waals surface area contributed by atoms with Gasteiger partial charge in [0.15, 0.2) is 17.3 Å². The van der Waals surface area contributed by atoms with Gasteiger partial charge < -0.3 is 24.8 Å². The van der Waals surface area contributed by atoms with Crippen LogP contribution in [-0.4, -0.2) is 51.4 Å². The fourth-order valence-electron chi connectivity index (χ4n) is 3.53. The van der Waals surface area contributed by atoms with Crippen molar-refractivity contribution in [3.8, 4) is 11.5 Å². The van der Waals surface area contributed by atoms with Crippen molar-refractivity contribution in [3.05, 3.63) is 41.0 Å². The molecule has 0 saturated carbocycles. The van der Waals surface area contributed by atoms with Gasteiger partial charge in [0.1, 0.15) is 5.60 Å². The molecule has 0 aliphatic carbocycles. The lowest BCUT2D eigenvalue weighted by atomic mass is 10.1. The molecule has 2 aromatic heterocycles.